The molecule has 0 spiro atoms. The van der Waals surface area contributed by atoms with E-state index >= 15 is 0 Å². The number of aromatic nitrogens is 4. The third kappa shape index (κ3) is 5.06. The summed E-state index contributed by atoms with van der Waals surface area (Å²) in [5, 5.41) is 12.8. The lowest BCUT2D eigenvalue weighted by Gasteiger charge is -2.18. The Bertz CT molecular complexity index is 957. The lowest BCUT2D eigenvalue weighted by Crippen LogP contribution is -2.23. The molecule has 1 amide bonds. The summed E-state index contributed by atoms with van der Waals surface area (Å²) in [6, 6.07) is 1.91. The smallest absolute Gasteiger partial charge is 0.404 e. The van der Waals surface area contributed by atoms with Gasteiger partial charge in [0.05, 0.1) is 11.4 Å². The minimum Gasteiger partial charge on any atom is -0.404 e. The molecule has 0 aliphatic carbocycles. The van der Waals surface area contributed by atoms with Crippen molar-refractivity contribution < 1.29 is 31.1 Å². The lowest BCUT2D eigenvalue weighted by atomic mass is 10.1. The molecular formula is C13H15F3N6O4S. The van der Waals surface area contributed by atoms with Crippen LogP contribution in [-0.4, -0.2) is 46.6 Å². The van der Waals surface area contributed by atoms with E-state index in [0.29, 0.717) is 0 Å². The number of rotatable bonds is 6. The van der Waals surface area contributed by atoms with Gasteiger partial charge in [0.2, 0.25) is 16.0 Å². The second-order valence-electron chi connectivity index (χ2n) is 5.24. The number of nitrogens with zero attached hydrogens (tertiary/aromatic N) is 4. The highest BCUT2D eigenvalue weighted by Crippen LogP contribution is 2.35. The average molecular weight is 408 g/mol. The van der Waals surface area contributed by atoms with E-state index in [1.807, 2.05) is 4.72 Å². The highest BCUT2D eigenvalue weighted by molar-refractivity contribution is 7.92. The van der Waals surface area contributed by atoms with Crippen molar-refractivity contribution in [2.75, 3.05) is 15.8 Å². The van der Waals surface area contributed by atoms with Gasteiger partial charge in [-0.2, -0.15) is 0 Å². The van der Waals surface area contributed by atoms with Crippen LogP contribution in [0, 0.1) is 6.92 Å². The summed E-state index contributed by atoms with van der Waals surface area (Å²) in [5.74, 6) is -1.93. The van der Waals surface area contributed by atoms with Crippen LogP contribution in [-0.2, 0) is 17.1 Å². The van der Waals surface area contributed by atoms with E-state index in [1.54, 1.807) is 0 Å². The largest absolute Gasteiger partial charge is 0.573 e. The van der Waals surface area contributed by atoms with Gasteiger partial charge in [-0.1, -0.05) is 5.10 Å². The van der Waals surface area contributed by atoms with E-state index in [4.69, 9.17) is 0 Å². The standard InChI is InChI=1S/C13H15F3N6O4S/c1-4-27(24,25)19-10-7(2)8(5-6-9(10)26-13(14,15)16)11(23)17-12-18-20-21-22(12)3/h5-6,19H,4H2,1-3H3,(H,17,18,21,23). The molecule has 0 bridgehead atoms. The molecule has 0 atom stereocenters. The van der Waals surface area contributed by atoms with E-state index in [9.17, 15) is 26.4 Å². The van der Waals surface area contributed by atoms with Crippen molar-refractivity contribution in [3.8, 4) is 5.75 Å². The average Bonchev–Trinajstić information content (AvgIpc) is 2.94. The molecule has 27 heavy (non-hydrogen) atoms. The number of hydrogen-bond acceptors (Lipinski definition) is 7. The molecule has 14 heteroatoms. The van der Waals surface area contributed by atoms with E-state index < -0.39 is 33.7 Å². The summed E-state index contributed by atoms with van der Waals surface area (Å²) in [6.45, 7) is 2.58. The van der Waals surface area contributed by atoms with E-state index in [1.165, 1.54) is 20.9 Å². The van der Waals surface area contributed by atoms with Gasteiger partial charge in [0.1, 0.15) is 0 Å². The van der Waals surface area contributed by atoms with Gasteiger partial charge in [-0.3, -0.25) is 14.8 Å². The Hall–Kier alpha value is -2.90. The minimum atomic E-state index is -5.05. The molecule has 0 saturated carbocycles. The Morgan fingerprint density at radius 2 is 2.00 bits per heavy atom. The highest BCUT2D eigenvalue weighted by atomic mass is 32.2. The molecule has 2 aromatic rings. The molecule has 0 aliphatic heterocycles. The van der Waals surface area contributed by atoms with Crippen molar-refractivity contribution in [1.29, 1.82) is 0 Å². The predicted octanol–water partition coefficient (Wildman–Crippen LogP) is 1.43. The summed E-state index contributed by atoms with van der Waals surface area (Å²) < 4.78 is 68.6. The van der Waals surface area contributed by atoms with Gasteiger partial charge in [-0.25, -0.2) is 13.1 Å². The normalized spacial score (nSPS) is 11.9. The van der Waals surface area contributed by atoms with Crippen LogP contribution in [0.15, 0.2) is 12.1 Å². The fourth-order valence-electron chi connectivity index (χ4n) is 2.00. The van der Waals surface area contributed by atoms with Gasteiger partial charge < -0.3 is 4.74 Å². The fraction of sp³-hybridized carbons (Fsp3) is 0.385. The maximum absolute atomic E-state index is 12.6. The number of carbonyl (C=O) groups excluding carboxylic acids is 1. The van der Waals surface area contributed by atoms with Crippen LogP contribution in [0.2, 0.25) is 0 Å². The number of carbonyl (C=O) groups is 1. The molecule has 2 rings (SSSR count). The number of amides is 1. The number of sulfonamides is 1. The molecule has 0 unspecified atom stereocenters. The van der Waals surface area contributed by atoms with Crippen LogP contribution in [0.4, 0.5) is 24.8 Å². The van der Waals surface area contributed by atoms with Crippen molar-refractivity contribution >= 4 is 27.6 Å². The van der Waals surface area contributed by atoms with Gasteiger partial charge in [0.15, 0.2) is 5.75 Å². The number of aryl methyl sites for hydroxylation is 1. The van der Waals surface area contributed by atoms with E-state index in [2.05, 4.69) is 25.6 Å². The monoisotopic (exact) mass is 408 g/mol. The van der Waals surface area contributed by atoms with Crippen LogP contribution in [0.25, 0.3) is 0 Å². The van der Waals surface area contributed by atoms with Crippen molar-refractivity contribution in [3.63, 3.8) is 0 Å². The molecular weight excluding hydrogens is 393 g/mol. The summed E-state index contributed by atoms with van der Waals surface area (Å²) >= 11 is 0. The van der Waals surface area contributed by atoms with Crippen LogP contribution in [0.1, 0.15) is 22.8 Å². The zero-order chi connectivity index (χ0) is 20.4. The first-order valence-corrected chi connectivity index (χ1v) is 9.02. The Morgan fingerprint density at radius 1 is 1.33 bits per heavy atom. The number of hydrogen-bond donors (Lipinski definition) is 2. The Labute approximate surface area is 151 Å². The van der Waals surface area contributed by atoms with Crippen LogP contribution in [0.3, 0.4) is 0 Å². The molecule has 10 nitrogen and oxygen atoms in total. The quantitative estimate of drug-likeness (QED) is 0.740. The number of tetrazole rings is 1. The first-order valence-electron chi connectivity index (χ1n) is 7.37. The molecule has 0 saturated heterocycles. The number of alkyl halides is 3. The van der Waals surface area contributed by atoms with Crippen molar-refractivity contribution in [2.24, 2.45) is 7.05 Å². The van der Waals surface area contributed by atoms with Gasteiger partial charge in [-0.15, -0.1) is 13.2 Å². The summed E-state index contributed by atoms with van der Waals surface area (Å²) in [7, 11) is -2.48. The molecule has 1 aromatic heterocycles. The zero-order valence-electron chi connectivity index (χ0n) is 14.3. The summed E-state index contributed by atoms with van der Waals surface area (Å²) in [6.07, 6.45) is -5.05. The maximum atomic E-state index is 12.6. The Balaban J connectivity index is 2.48. The number of nitrogens with one attached hydrogen (secondary N) is 2. The molecule has 2 N–H and O–H groups in total. The number of anilines is 2. The minimum absolute atomic E-state index is 0.00860. The molecule has 0 fully saturated rings. The van der Waals surface area contributed by atoms with Gasteiger partial charge in [0, 0.05) is 12.6 Å². The third-order valence-electron chi connectivity index (χ3n) is 3.38. The third-order valence-corrected chi connectivity index (χ3v) is 4.66. The van der Waals surface area contributed by atoms with Crippen molar-refractivity contribution in [2.45, 2.75) is 20.2 Å². The van der Waals surface area contributed by atoms with E-state index in [0.717, 1.165) is 16.8 Å². The van der Waals surface area contributed by atoms with Gasteiger partial charge in [0.25, 0.3) is 5.91 Å². The van der Waals surface area contributed by atoms with Gasteiger partial charge in [-0.05, 0) is 42.0 Å². The Kier molecular flexibility index (Phi) is 5.58. The summed E-state index contributed by atoms with van der Waals surface area (Å²) in [5.41, 5.74) is -0.652. The zero-order valence-corrected chi connectivity index (χ0v) is 15.1. The topological polar surface area (TPSA) is 128 Å². The summed E-state index contributed by atoms with van der Waals surface area (Å²) in [4.78, 5) is 12.4. The number of benzene rings is 1. The molecule has 148 valence electrons. The van der Waals surface area contributed by atoms with E-state index in [-0.39, 0.29) is 22.8 Å². The van der Waals surface area contributed by atoms with Crippen molar-refractivity contribution in [1.82, 2.24) is 20.2 Å². The molecule has 0 radical (unpaired) electrons. The molecule has 1 heterocycles. The van der Waals surface area contributed by atoms with Gasteiger partial charge >= 0.3 is 6.36 Å². The predicted molar refractivity (Wildman–Crippen MR) is 87.7 cm³/mol. The lowest BCUT2D eigenvalue weighted by molar-refractivity contribution is -0.274. The molecule has 0 aliphatic rings. The second-order valence-corrected chi connectivity index (χ2v) is 7.26. The fourth-order valence-corrected chi connectivity index (χ4v) is 2.71. The first-order chi connectivity index (χ1) is 12.4. The SMILES string of the molecule is CCS(=O)(=O)Nc1c(OC(F)(F)F)ccc(C(=O)Nc2nnnn2C)c1C. The van der Waals surface area contributed by atoms with Crippen LogP contribution in [0.5, 0.6) is 5.75 Å². The molecule has 1 aromatic carbocycles. The first kappa shape index (κ1) is 20.4. The highest BCUT2D eigenvalue weighted by Gasteiger charge is 2.33. The maximum Gasteiger partial charge on any atom is 0.573 e. The van der Waals surface area contributed by atoms with Crippen LogP contribution < -0.4 is 14.8 Å². The number of ether oxygens (including phenoxy) is 1. The second kappa shape index (κ2) is 7.38. The number of halogens is 3. The van der Waals surface area contributed by atoms with Crippen molar-refractivity contribution in [3.05, 3.63) is 23.3 Å². The Morgan fingerprint density at radius 3 is 2.52 bits per heavy atom. The van der Waals surface area contributed by atoms with Crippen LogP contribution >= 0.6 is 0 Å².